The first kappa shape index (κ1) is 27.6. The molecular weight excluding hydrogens is 512 g/mol. The summed E-state index contributed by atoms with van der Waals surface area (Å²) in [6, 6.07) is 12.5. The van der Waals surface area contributed by atoms with Gasteiger partial charge in [-0.2, -0.15) is 4.31 Å². The summed E-state index contributed by atoms with van der Waals surface area (Å²) in [5.74, 6) is 0.287. The van der Waals surface area contributed by atoms with Gasteiger partial charge in [0.1, 0.15) is 5.56 Å². The van der Waals surface area contributed by atoms with Crippen LogP contribution in [0.1, 0.15) is 54.6 Å². The molecule has 0 spiro atoms. The number of nitrogens with zero attached hydrogens (tertiary/aromatic N) is 3. The number of benzene rings is 2. The van der Waals surface area contributed by atoms with E-state index in [4.69, 9.17) is 0 Å². The second-order valence-corrected chi connectivity index (χ2v) is 12.8. The van der Waals surface area contributed by atoms with Gasteiger partial charge in [0.2, 0.25) is 15.5 Å². The SMILES string of the molecule is CCn1cc(C(=O)NCCCN2CCC[C@@H](C)C2)c(=O)c2cc(S(=O)(=O)N3CCc4ccccc4C3)ccc21. The van der Waals surface area contributed by atoms with Crippen LogP contribution in [-0.4, -0.2) is 60.8 Å². The molecule has 1 aromatic heterocycles. The van der Waals surface area contributed by atoms with Crippen molar-refractivity contribution in [3.05, 3.63) is 75.6 Å². The molecule has 0 saturated carbocycles. The number of fused-ring (bicyclic) bond motifs is 2. The van der Waals surface area contributed by atoms with Gasteiger partial charge < -0.3 is 14.8 Å². The first-order chi connectivity index (χ1) is 18.8. The number of hydrogen-bond acceptors (Lipinski definition) is 5. The standard InChI is InChI=1S/C30H38N4O4S/c1-3-33-21-27(30(36)31-14-7-16-32-15-6-8-22(2)19-32)29(35)26-18-25(11-12-28(26)33)39(37,38)34-17-13-23-9-4-5-10-24(23)20-34/h4-5,9-12,18,21-22H,3,6-8,13-17,19-20H2,1-2H3,(H,31,36)/t22-/m1/s1. The van der Waals surface area contributed by atoms with Gasteiger partial charge in [-0.25, -0.2) is 8.42 Å². The van der Waals surface area contributed by atoms with E-state index in [9.17, 15) is 18.0 Å². The molecule has 0 radical (unpaired) electrons. The molecule has 2 aliphatic rings. The molecule has 1 saturated heterocycles. The molecule has 1 N–H and O–H groups in total. The largest absolute Gasteiger partial charge is 0.352 e. The molecule has 0 bridgehead atoms. The highest BCUT2D eigenvalue weighted by Gasteiger charge is 2.29. The molecule has 0 aliphatic carbocycles. The van der Waals surface area contributed by atoms with E-state index in [0.29, 0.717) is 44.0 Å². The number of hydrogen-bond donors (Lipinski definition) is 1. The minimum Gasteiger partial charge on any atom is -0.352 e. The van der Waals surface area contributed by atoms with Crippen LogP contribution in [0.25, 0.3) is 10.9 Å². The van der Waals surface area contributed by atoms with Gasteiger partial charge in [0.15, 0.2) is 0 Å². The molecule has 3 heterocycles. The van der Waals surface area contributed by atoms with Crippen molar-refractivity contribution in [2.75, 3.05) is 32.7 Å². The van der Waals surface area contributed by atoms with Crippen LogP contribution in [0.2, 0.25) is 0 Å². The highest BCUT2D eigenvalue weighted by molar-refractivity contribution is 7.89. The van der Waals surface area contributed by atoms with E-state index in [1.165, 1.54) is 23.2 Å². The predicted octanol–water partition coefficient (Wildman–Crippen LogP) is 3.62. The molecule has 5 rings (SSSR count). The Hall–Kier alpha value is -3.01. The molecule has 1 fully saturated rings. The molecule has 1 amide bonds. The Morgan fingerprint density at radius 2 is 1.90 bits per heavy atom. The van der Waals surface area contributed by atoms with Crippen molar-refractivity contribution in [1.82, 2.24) is 19.1 Å². The van der Waals surface area contributed by atoms with Crippen molar-refractivity contribution < 1.29 is 13.2 Å². The lowest BCUT2D eigenvalue weighted by atomic mass is 10.0. The molecule has 8 nitrogen and oxygen atoms in total. The topological polar surface area (TPSA) is 91.7 Å². The zero-order valence-corrected chi connectivity index (χ0v) is 23.7. The number of aromatic nitrogens is 1. The Bertz CT molecular complexity index is 1530. The molecular formula is C30H38N4O4S. The average molecular weight is 551 g/mol. The van der Waals surface area contributed by atoms with Crippen molar-refractivity contribution in [3.63, 3.8) is 0 Å². The van der Waals surface area contributed by atoms with Gasteiger partial charge in [-0.1, -0.05) is 31.2 Å². The number of carbonyl (C=O) groups excluding carboxylic acids is 1. The van der Waals surface area contributed by atoms with Gasteiger partial charge in [-0.3, -0.25) is 9.59 Å². The van der Waals surface area contributed by atoms with E-state index in [0.717, 1.165) is 37.2 Å². The normalized spacial score (nSPS) is 18.7. The maximum atomic E-state index is 13.6. The maximum absolute atomic E-state index is 13.6. The van der Waals surface area contributed by atoms with Crippen LogP contribution in [0.3, 0.4) is 0 Å². The van der Waals surface area contributed by atoms with Gasteiger partial charge in [0.25, 0.3) is 5.91 Å². The van der Waals surface area contributed by atoms with E-state index >= 15 is 0 Å². The molecule has 208 valence electrons. The Balaban J connectivity index is 1.36. The third-order valence-electron chi connectivity index (χ3n) is 8.05. The number of aryl methyl sites for hydroxylation is 1. The molecule has 2 aromatic carbocycles. The van der Waals surface area contributed by atoms with E-state index in [-0.39, 0.29) is 15.8 Å². The van der Waals surface area contributed by atoms with Crippen molar-refractivity contribution in [2.45, 2.75) is 57.5 Å². The predicted molar refractivity (Wildman–Crippen MR) is 153 cm³/mol. The van der Waals surface area contributed by atoms with Crippen LogP contribution in [0, 0.1) is 5.92 Å². The van der Waals surface area contributed by atoms with Crippen LogP contribution in [-0.2, 0) is 29.5 Å². The number of sulfonamides is 1. The fourth-order valence-corrected chi connectivity index (χ4v) is 7.32. The minimum absolute atomic E-state index is 0.0393. The van der Waals surface area contributed by atoms with Crippen molar-refractivity contribution in [2.24, 2.45) is 5.92 Å². The Labute approximate surface area is 230 Å². The molecule has 3 aromatic rings. The minimum atomic E-state index is -3.82. The molecule has 9 heteroatoms. The van der Waals surface area contributed by atoms with Crippen molar-refractivity contribution in [3.8, 4) is 0 Å². The number of likely N-dealkylation sites (tertiary alicyclic amines) is 1. The number of piperidine rings is 1. The van der Waals surface area contributed by atoms with E-state index in [1.807, 2.05) is 35.8 Å². The summed E-state index contributed by atoms with van der Waals surface area (Å²) in [4.78, 5) is 29.1. The van der Waals surface area contributed by atoms with Crippen LogP contribution >= 0.6 is 0 Å². The number of amides is 1. The van der Waals surface area contributed by atoms with Crippen LogP contribution in [0.4, 0.5) is 0 Å². The lowest BCUT2D eigenvalue weighted by molar-refractivity contribution is 0.0948. The second kappa shape index (κ2) is 11.6. The first-order valence-electron chi connectivity index (χ1n) is 14.0. The fourth-order valence-electron chi connectivity index (χ4n) is 5.87. The number of rotatable bonds is 8. The summed E-state index contributed by atoms with van der Waals surface area (Å²) in [6.45, 7) is 9.02. The molecule has 2 aliphatic heterocycles. The third kappa shape index (κ3) is 5.81. The zero-order chi connectivity index (χ0) is 27.6. The number of carbonyl (C=O) groups is 1. The summed E-state index contributed by atoms with van der Waals surface area (Å²) in [5, 5.41) is 3.15. The van der Waals surface area contributed by atoms with Crippen molar-refractivity contribution >= 4 is 26.8 Å². The second-order valence-electron chi connectivity index (χ2n) is 10.9. The quantitative estimate of drug-likeness (QED) is 0.433. The zero-order valence-electron chi connectivity index (χ0n) is 22.9. The van der Waals surface area contributed by atoms with Gasteiger partial charge in [0.05, 0.1) is 10.4 Å². The first-order valence-corrected chi connectivity index (χ1v) is 15.5. The highest BCUT2D eigenvalue weighted by atomic mass is 32.2. The molecule has 0 unspecified atom stereocenters. The third-order valence-corrected chi connectivity index (χ3v) is 9.89. The van der Waals surface area contributed by atoms with Crippen molar-refractivity contribution in [1.29, 1.82) is 0 Å². The Morgan fingerprint density at radius 1 is 1.10 bits per heavy atom. The summed E-state index contributed by atoms with van der Waals surface area (Å²) < 4.78 is 30.5. The molecule has 39 heavy (non-hydrogen) atoms. The van der Waals surface area contributed by atoms with Crippen LogP contribution in [0.5, 0.6) is 0 Å². The van der Waals surface area contributed by atoms with E-state index in [2.05, 4.69) is 17.1 Å². The number of nitrogens with one attached hydrogen (secondary N) is 1. The average Bonchev–Trinajstić information content (AvgIpc) is 2.95. The van der Waals surface area contributed by atoms with Crippen LogP contribution < -0.4 is 10.7 Å². The summed E-state index contributed by atoms with van der Waals surface area (Å²) >= 11 is 0. The molecule has 1 atom stereocenters. The van der Waals surface area contributed by atoms with Gasteiger partial charge in [-0.05, 0) is 80.9 Å². The monoisotopic (exact) mass is 550 g/mol. The maximum Gasteiger partial charge on any atom is 0.256 e. The lowest BCUT2D eigenvalue weighted by Gasteiger charge is -2.30. The lowest BCUT2D eigenvalue weighted by Crippen LogP contribution is -2.37. The highest BCUT2D eigenvalue weighted by Crippen LogP contribution is 2.26. The van der Waals surface area contributed by atoms with Gasteiger partial charge in [-0.15, -0.1) is 0 Å². The summed E-state index contributed by atoms with van der Waals surface area (Å²) in [6.07, 6.45) is 5.53. The Kier molecular flexibility index (Phi) is 8.21. The smallest absolute Gasteiger partial charge is 0.256 e. The van der Waals surface area contributed by atoms with E-state index in [1.54, 1.807) is 18.3 Å². The fraction of sp³-hybridized carbons (Fsp3) is 0.467. The van der Waals surface area contributed by atoms with Gasteiger partial charge >= 0.3 is 0 Å². The van der Waals surface area contributed by atoms with E-state index < -0.39 is 21.4 Å². The van der Waals surface area contributed by atoms with Crippen LogP contribution in [0.15, 0.2) is 58.4 Å². The summed E-state index contributed by atoms with van der Waals surface area (Å²) in [7, 11) is -3.82. The summed E-state index contributed by atoms with van der Waals surface area (Å²) in [5.41, 5.74) is 2.36. The number of pyridine rings is 1. The van der Waals surface area contributed by atoms with Gasteiger partial charge in [0, 0.05) is 44.3 Å². The Morgan fingerprint density at radius 3 is 2.67 bits per heavy atom.